The summed E-state index contributed by atoms with van der Waals surface area (Å²) in [6, 6.07) is 0.279. The van der Waals surface area contributed by atoms with Gasteiger partial charge in [-0.05, 0) is 19.3 Å². The maximum absolute atomic E-state index is 11.1. The molecule has 1 aliphatic rings. The summed E-state index contributed by atoms with van der Waals surface area (Å²) in [6.07, 6.45) is 6.43. The van der Waals surface area contributed by atoms with Crippen molar-refractivity contribution in [3.05, 3.63) is 11.6 Å². The van der Waals surface area contributed by atoms with Crippen LogP contribution in [0.3, 0.4) is 0 Å². The molecule has 0 radical (unpaired) electrons. The number of hydrogen-bond donors (Lipinski definition) is 2. The third kappa shape index (κ3) is 8.29. The lowest BCUT2D eigenvalue weighted by atomic mass is 10.1. The van der Waals surface area contributed by atoms with Gasteiger partial charge in [-0.2, -0.15) is 5.10 Å². The molecule has 1 unspecified atom stereocenters. The lowest BCUT2D eigenvalue weighted by Crippen LogP contribution is -2.47. The fourth-order valence-corrected chi connectivity index (χ4v) is 3.11. The van der Waals surface area contributed by atoms with Gasteiger partial charge in [-0.1, -0.05) is 12.8 Å². The highest BCUT2D eigenvalue weighted by molar-refractivity contribution is 14.0. The molecule has 0 saturated heterocycles. The molecule has 1 aromatic heterocycles. The van der Waals surface area contributed by atoms with Crippen LogP contribution in [0.5, 0.6) is 0 Å². The number of halogens is 1. The number of guanidine groups is 1. The molecule has 0 aliphatic carbocycles. The molecular weight excluding hydrogens is 475 g/mol. The van der Waals surface area contributed by atoms with Crippen LogP contribution < -0.4 is 10.6 Å². The third-order valence-electron chi connectivity index (χ3n) is 4.57. The number of fused-ring (bicyclic) bond motifs is 1. The Morgan fingerprint density at radius 3 is 2.79 bits per heavy atom. The third-order valence-corrected chi connectivity index (χ3v) is 4.57. The predicted octanol–water partition coefficient (Wildman–Crippen LogP) is 1.65. The first kappa shape index (κ1) is 24.6. The monoisotopic (exact) mass is 508 g/mol. The van der Waals surface area contributed by atoms with Crippen molar-refractivity contribution in [2.45, 2.75) is 64.1 Å². The molecule has 2 N–H and O–H groups in total. The number of rotatable bonds is 10. The van der Waals surface area contributed by atoms with E-state index in [9.17, 15) is 4.79 Å². The molecule has 1 atom stereocenters. The number of aromatic nitrogens is 3. The van der Waals surface area contributed by atoms with Crippen LogP contribution in [0.2, 0.25) is 0 Å². The van der Waals surface area contributed by atoms with Crippen LogP contribution in [0, 0.1) is 0 Å². The van der Waals surface area contributed by atoms with Crippen molar-refractivity contribution in [3.8, 4) is 0 Å². The minimum atomic E-state index is -0.130. The van der Waals surface area contributed by atoms with Crippen LogP contribution in [0.4, 0.5) is 0 Å². The topological polar surface area (TPSA) is 103 Å². The summed E-state index contributed by atoms with van der Waals surface area (Å²) in [7, 11) is 4.87. The Balaban J connectivity index is 0.00000392. The van der Waals surface area contributed by atoms with E-state index in [4.69, 9.17) is 4.74 Å². The van der Waals surface area contributed by atoms with E-state index in [0.29, 0.717) is 13.0 Å². The molecule has 0 amide bonds. The van der Waals surface area contributed by atoms with Crippen LogP contribution in [-0.4, -0.2) is 60.5 Å². The Morgan fingerprint density at radius 1 is 1.29 bits per heavy atom. The molecule has 2 rings (SSSR count). The van der Waals surface area contributed by atoms with Crippen LogP contribution >= 0.6 is 24.0 Å². The molecule has 1 aliphatic heterocycles. The maximum atomic E-state index is 11.1. The molecule has 0 aromatic carbocycles. The lowest BCUT2D eigenvalue weighted by Gasteiger charge is -2.25. The van der Waals surface area contributed by atoms with Crippen molar-refractivity contribution in [1.82, 2.24) is 25.4 Å². The molecule has 0 saturated carbocycles. The van der Waals surface area contributed by atoms with E-state index in [2.05, 4.69) is 30.4 Å². The number of hydrogen-bond acceptors (Lipinski definition) is 6. The number of aliphatic imine (C=N–C) groups is 1. The predicted molar refractivity (Wildman–Crippen MR) is 118 cm³/mol. The van der Waals surface area contributed by atoms with Crippen LogP contribution in [0.25, 0.3) is 0 Å². The Bertz CT molecular complexity index is 622. The second-order valence-corrected chi connectivity index (χ2v) is 6.68. The van der Waals surface area contributed by atoms with Crippen molar-refractivity contribution < 1.29 is 14.3 Å². The molecule has 28 heavy (non-hydrogen) atoms. The number of nitrogens with one attached hydrogen (secondary N) is 2. The van der Waals surface area contributed by atoms with E-state index >= 15 is 0 Å². The van der Waals surface area contributed by atoms with Gasteiger partial charge in [0.15, 0.2) is 11.8 Å². The Hall–Kier alpha value is -1.43. The standard InChI is InChI=1S/C18H32N6O3.HI/c1-19-18(20-11-7-5-4-6-8-17(25)27-3)21-14-9-10-16-22-15(13-26-2)23-24(16)12-14;/h14H,4-13H2,1-3H3,(H2,19,20,21);1H. The second-order valence-electron chi connectivity index (χ2n) is 6.68. The molecule has 0 fully saturated rings. The molecular formula is C18H33IN6O3. The normalized spacial score (nSPS) is 16.1. The Labute approximate surface area is 184 Å². The number of methoxy groups -OCH3 is 2. The van der Waals surface area contributed by atoms with Crippen molar-refractivity contribution in [2.24, 2.45) is 4.99 Å². The first-order chi connectivity index (χ1) is 13.2. The number of nitrogens with zero attached hydrogens (tertiary/aromatic N) is 4. The average molecular weight is 508 g/mol. The summed E-state index contributed by atoms with van der Waals surface area (Å²) in [5.74, 6) is 2.45. The number of unbranched alkanes of at least 4 members (excludes halogenated alkanes) is 3. The fourth-order valence-electron chi connectivity index (χ4n) is 3.11. The molecule has 2 heterocycles. The van der Waals surface area contributed by atoms with Crippen molar-refractivity contribution in [1.29, 1.82) is 0 Å². The summed E-state index contributed by atoms with van der Waals surface area (Å²) in [5, 5.41) is 11.3. The van der Waals surface area contributed by atoms with Gasteiger partial charge < -0.3 is 20.1 Å². The number of carbonyl (C=O) groups excluding carboxylic acids is 1. The first-order valence-corrected chi connectivity index (χ1v) is 9.61. The Morgan fingerprint density at radius 2 is 2.07 bits per heavy atom. The summed E-state index contributed by atoms with van der Waals surface area (Å²) in [4.78, 5) is 19.9. The van der Waals surface area contributed by atoms with E-state index in [1.165, 1.54) is 7.11 Å². The number of ether oxygens (including phenoxy) is 2. The maximum Gasteiger partial charge on any atom is 0.305 e. The van der Waals surface area contributed by atoms with Gasteiger partial charge in [0.1, 0.15) is 12.4 Å². The van der Waals surface area contributed by atoms with Crippen molar-refractivity contribution in [3.63, 3.8) is 0 Å². The van der Waals surface area contributed by atoms with Crippen LogP contribution in [-0.2, 0) is 33.8 Å². The fraction of sp³-hybridized carbons (Fsp3) is 0.778. The summed E-state index contributed by atoms with van der Waals surface area (Å²) in [5.41, 5.74) is 0. The minimum Gasteiger partial charge on any atom is -0.469 e. The van der Waals surface area contributed by atoms with E-state index in [1.54, 1.807) is 14.2 Å². The van der Waals surface area contributed by atoms with E-state index in [0.717, 1.165) is 69.2 Å². The highest BCUT2D eigenvalue weighted by atomic mass is 127. The molecule has 160 valence electrons. The molecule has 10 heteroatoms. The van der Waals surface area contributed by atoms with Gasteiger partial charge in [0.25, 0.3) is 0 Å². The van der Waals surface area contributed by atoms with Gasteiger partial charge in [0, 0.05) is 39.6 Å². The second kappa shape index (κ2) is 13.7. The van der Waals surface area contributed by atoms with Crippen LogP contribution in [0.1, 0.15) is 50.2 Å². The largest absolute Gasteiger partial charge is 0.469 e. The van der Waals surface area contributed by atoms with Gasteiger partial charge in [0.05, 0.1) is 13.7 Å². The number of carbonyl (C=O) groups is 1. The van der Waals surface area contributed by atoms with Crippen molar-refractivity contribution in [2.75, 3.05) is 27.8 Å². The molecule has 0 spiro atoms. The quantitative estimate of drug-likeness (QED) is 0.163. The van der Waals surface area contributed by atoms with E-state index in [-0.39, 0.29) is 36.0 Å². The first-order valence-electron chi connectivity index (χ1n) is 9.61. The zero-order valence-electron chi connectivity index (χ0n) is 17.1. The summed E-state index contributed by atoms with van der Waals surface area (Å²) in [6.45, 7) is 2.08. The van der Waals surface area contributed by atoms with E-state index < -0.39 is 0 Å². The summed E-state index contributed by atoms with van der Waals surface area (Å²) < 4.78 is 11.7. The highest BCUT2D eigenvalue weighted by Crippen LogP contribution is 2.13. The molecule has 0 bridgehead atoms. The zero-order valence-corrected chi connectivity index (χ0v) is 19.4. The van der Waals surface area contributed by atoms with Gasteiger partial charge >= 0.3 is 5.97 Å². The van der Waals surface area contributed by atoms with Gasteiger partial charge in [-0.3, -0.25) is 9.79 Å². The van der Waals surface area contributed by atoms with Gasteiger partial charge in [0.2, 0.25) is 0 Å². The summed E-state index contributed by atoms with van der Waals surface area (Å²) >= 11 is 0. The van der Waals surface area contributed by atoms with Gasteiger partial charge in [-0.15, -0.1) is 24.0 Å². The van der Waals surface area contributed by atoms with Gasteiger partial charge in [-0.25, -0.2) is 9.67 Å². The SMILES string of the molecule is CN=C(NCCCCCCC(=O)OC)NC1CCc2nc(COC)nn2C1.I. The van der Waals surface area contributed by atoms with Crippen LogP contribution in [0.15, 0.2) is 4.99 Å². The van der Waals surface area contributed by atoms with E-state index in [1.807, 2.05) is 4.68 Å². The number of esters is 1. The Kier molecular flexibility index (Phi) is 12.0. The van der Waals surface area contributed by atoms with Crippen molar-refractivity contribution >= 4 is 35.9 Å². The zero-order chi connectivity index (χ0) is 19.5. The molecule has 1 aromatic rings. The smallest absolute Gasteiger partial charge is 0.305 e. The minimum absolute atomic E-state index is 0. The highest BCUT2D eigenvalue weighted by Gasteiger charge is 2.22. The number of aryl methyl sites for hydroxylation is 1. The average Bonchev–Trinajstić information content (AvgIpc) is 3.07. The molecule has 9 nitrogen and oxygen atoms in total. The lowest BCUT2D eigenvalue weighted by molar-refractivity contribution is -0.140.